The van der Waals surface area contributed by atoms with E-state index in [0.717, 1.165) is 11.5 Å². The standard InChI is InChI=1S/C13H17N5O/c1-9-11(8-15-18(9)4)16-13(19)10-5-6-12(14-7-10)17(2)3/h5-8H,1-4H3,(H,16,19). The van der Waals surface area contributed by atoms with Gasteiger partial charge in [-0.15, -0.1) is 0 Å². The molecule has 0 atom stereocenters. The summed E-state index contributed by atoms with van der Waals surface area (Å²) in [6.07, 6.45) is 3.20. The zero-order valence-electron chi connectivity index (χ0n) is 11.5. The van der Waals surface area contributed by atoms with Crippen LogP contribution in [0.1, 0.15) is 16.1 Å². The van der Waals surface area contributed by atoms with Crippen LogP contribution in [0.2, 0.25) is 0 Å². The van der Waals surface area contributed by atoms with Crippen molar-refractivity contribution in [2.45, 2.75) is 6.92 Å². The van der Waals surface area contributed by atoms with Gasteiger partial charge in [-0.3, -0.25) is 9.48 Å². The average molecular weight is 259 g/mol. The van der Waals surface area contributed by atoms with Crippen LogP contribution in [0.5, 0.6) is 0 Å². The lowest BCUT2D eigenvalue weighted by Gasteiger charge is -2.11. The molecule has 0 unspecified atom stereocenters. The topological polar surface area (TPSA) is 63.1 Å². The molecule has 100 valence electrons. The lowest BCUT2D eigenvalue weighted by atomic mass is 10.2. The molecule has 1 amide bonds. The highest BCUT2D eigenvalue weighted by molar-refractivity contribution is 6.04. The maximum absolute atomic E-state index is 12.1. The normalized spacial score (nSPS) is 10.3. The Balaban J connectivity index is 2.14. The Morgan fingerprint density at radius 1 is 1.32 bits per heavy atom. The highest BCUT2D eigenvalue weighted by Crippen LogP contribution is 2.14. The molecule has 2 aromatic heterocycles. The van der Waals surface area contributed by atoms with E-state index >= 15 is 0 Å². The number of anilines is 2. The predicted octanol–water partition coefficient (Wildman–Crippen LogP) is 1.44. The number of hydrogen-bond donors (Lipinski definition) is 1. The maximum atomic E-state index is 12.1. The fourth-order valence-corrected chi connectivity index (χ4v) is 1.60. The number of carbonyl (C=O) groups excluding carboxylic acids is 1. The molecule has 2 rings (SSSR count). The molecule has 6 nitrogen and oxygen atoms in total. The van der Waals surface area contributed by atoms with Crippen molar-refractivity contribution < 1.29 is 4.79 Å². The van der Waals surface area contributed by atoms with Crippen LogP contribution in [-0.4, -0.2) is 34.8 Å². The van der Waals surface area contributed by atoms with E-state index in [-0.39, 0.29) is 5.91 Å². The summed E-state index contributed by atoms with van der Waals surface area (Å²) < 4.78 is 1.71. The summed E-state index contributed by atoms with van der Waals surface area (Å²) >= 11 is 0. The third-order valence-electron chi connectivity index (χ3n) is 2.95. The van der Waals surface area contributed by atoms with Gasteiger partial charge in [-0.25, -0.2) is 4.98 Å². The highest BCUT2D eigenvalue weighted by Gasteiger charge is 2.10. The van der Waals surface area contributed by atoms with E-state index in [0.29, 0.717) is 11.3 Å². The summed E-state index contributed by atoms with van der Waals surface area (Å²) in [5.41, 5.74) is 2.14. The molecule has 0 fully saturated rings. The molecule has 0 radical (unpaired) electrons. The fraction of sp³-hybridized carbons (Fsp3) is 0.308. The Bertz CT molecular complexity index is 586. The number of nitrogens with zero attached hydrogens (tertiary/aromatic N) is 4. The lowest BCUT2D eigenvalue weighted by Crippen LogP contribution is -2.14. The zero-order valence-corrected chi connectivity index (χ0v) is 11.5. The largest absolute Gasteiger partial charge is 0.363 e. The SMILES string of the molecule is Cc1c(NC(=O)c2ccc(N(C)C)nc2)cnn1C. The number of aromatic nitrogens is 3. The molecule has 0 aliphatic rings. The van der Waals surface area contributed by atoms with Gasteiger partial charge in [0.1, 0.15) is 5.82 Å². The van der Waals surface area contributed by atoms with Crippen LogP contribution in [-0.2, 0) is 7.05 Å². The minimum atomic E-state index is -0.186. The van der Waals surface area contributed by atoms with Crippen molar-refractivity contribution in [3.63, 3.8) is 0 Å². The molecule has 0 aliphatic heterocycles. The molecule has 0 saturated carbocycles. The molecule has 1 N–H and O–H groups in total. The molecule has 0 bridgehead atoms. The number of amides is 1. The van der Waals surface area contributed by atoms with Gasteiger partial charge < -0.3 is 10.2 Å². The molecular formula is C13H17N5O. The van der Waals surface area contributed by atoms with Crippen molar-refractivity contribution in [3.8, 4) is 0 Å². The van der Waals surface area contributed by atoms with E-state index in [1.54, 1.807) is 23.1 Å². The van der Waals surface area contributed by atoms with Gasteiger partial charge in [-0.1, -0.05) is 0 Å². The van der Waals surface area contributed by atoms with E-state index in [1.807, 2.05) is 39.0 Å². The molecule has 0 aliphatic carbocycles. The Labute approximate surface area is 112 Å². The maximum Gasteiger partial charge on any atom is 0.257 e. The molecule has 6 heteroatoms. The van der Waals surface area contributed by atoms with Gasteiger partial charge >= 0.3 is 0 Å². The summed E-state index contributed by atoms with van der Waals surface area (Å²) in [6, 6.07) is 3.56. The molecule has 0 spiro atoms. The highest BCUT2D eigenvalue weighted by atomic mass is 16.1. The lowest BCUT2D eigenvalue weighted by molar-refractivity contribution is 0.102. The van der Waals surface area contributed by atoms with Gasteiger partial charge in [0.05, 0.1) is 23.1 Å². The first kappa shape index (κ1) is 13.1. The van der Waals surface area contributed by atoms with Crippen molar-refractivity contribution in [2.24, 2.45) is 7.05 Å². The third kappa shape index (κ3) is 2.73. The Morgan fingerprint density at radius 2 is 2.05 bits per heavy atom. The van der Waals surface area contributed by atoms with Gasteiger partial charge in [-0.2, -0.15) is 5.10 Å². The smallest absolute Gasteiger partial charge is 0.257 e. The minimum absolute atomic E-state index is 0.186. The van der Waals surface area contributed by atoms with Gasteiger partial charge in [0, 0.05) is 27.3 Å². The number of carbonyl (C=O) groups is 1. The average Bonchev–Trinajstić information content (AvgIpc) is 2.71. The van der Waals surface area contributed by atoms with E-state index in [9.17, 15) is 4.79 Å². The molecule has 19 heavy (non-hydrogen) atoms. The van der Waals surface area contributed by atoms with Crippen LogP contribution < -0.4 is 10.2 Å². The van der Waals surface area contributed by atoms with Gasteiger partial charge in [-0.05, 0) is 19.1 Å². The second-order valence-corrected chi connectivity index (χ2v) is 4.52. The zero-order chi connectivity index (χ0) is 14.0. The monoisotopic (exact) mass is 259 g/mol. The van der Waals surface area contributed by atoms with Crippen LogP contribution in [0.25, 0.3) is 0 Å². The van der Waals surface area contributed by atoms with Crippen LogP contribution in [0, 0.1) is 6.92 Å². The second-order valence-electron chi connectivity index (χ2n) is 4.52. The van der Waals surface area contributed by atoms with Crippen LogP contribution in [0.15, 0.2) is 24.5 Å². The van der Waals surface area contributed by atoms with Crippen LogP contribution in [0.4, 0.5) is 11.5 Å². The number of pyridine rings is 1. The molecule has 0 saturated heterocycles. The summed E-state index contributed by atoms with van der Waals surface area (Å²) in [7, 11) is 5.64. The molecule has 2 aromatic rings. The van der Waals surface area contributed by atoms with Gasteiger partial charge in [0.25, 0.3) is 5.91 Å². The predicted molar refractivity (Wildman–Crippen MR) is 74.5 cm³/mol. The van der Waals surface area contributed by atoms with Gasteiger partial charge in [0.15, 0.2) is 0 Å². The first-order valence-corrected chi connectivity index (χ1v) is 5.92. The summed E-state index contributed by atoms with van der Waals surface area (Å²) in [4.78, 5) is 18.1. The van der Waals surface area contributed by atoms with Crippen molar-refractivity contribution in [3.05, 3.63) is 35.8 Å². The molecule has 2 heterocycles. The van der Waals surface area contributed by atoms with Gasteiger partial charge in [0.2, 0.25) is 0 Å². The second kappa shape index (κ2) is 5.09. The van der Waals surface area contributed by atoms with Crippen LogP contribution >= 0.6 is 0 Å². The summed E-state index contributed by atoms with van der Waals surface area (Å²) in [5, 5.41) is 6.90. The van der Waals surface area contributed by atoms with E-state index in [4.69, 9.17) is 0 Å². The Morgan fingerprint density at radius 3 is 2.53 bits per heavy atom. The Kier molecular flexibility index (Phi) is 3.50. The van der Waals surface area contributed by atoms with E-state index in [1.165, 1.54) is 0 Å². The first-order valence-electron chi connectivity index (χ1n) is 5.92. The van der Waals surface area contributed by atoms with E-state index in [2.05, 4.69) is 15.4 Å². The number of aryl methyl sites for hydroxylation is 1. The van der Waals surface area contributed by atoms with Crippen molar-refractivity contribution in [2.75, 3.05) is 24.3 Å². The van der Waals surface area contributed by atoms with Crippen molar-refractivity contribution >= 4 is 17.4 Å². The molecular weight excluding hydrogens is 242 g/mol. The number of nitrogens with one attached hydrogen (secondary N) is 1. The Hall–Kier alpha value is -2.37. The van der Waals surface area contributed by atoms with Crippen LogP contribution in [0.3, 0.4) is 0 Å². The fourth-order valence-electron chi connectivity index (χ4n) is 1.60. The first-order chi connectivity index (χ1) is 8.99. The quantitative estimate of drug-likeness (QED) is 0.906. The number of rotatable bonds is 3. The number of hydrogen-bond acceptors (Lipinski definition) is 4. The summed E-state index contributed by atoms with van der Waals surface area (Å²) in [5.74, 6) is 0.628. The van der Waals surface area contributed by atoms with E-state index < -0.39 is 0 Å². The summed E-state index contributed by atoms with van der Waals surface area (Å²) in [6.45, 7) is 1.90. The van der Waals surface area contributed by atoms with Crippen molar-refractivity contribution in [1.29, 1.82) is 0 Å². The third-order valence-corrected chi connectivity index (χ3v) is 2.95. The van der Waals surface area contributed by atoms with Crippen molar-refractivity contribution in [1.82, 2.24) is 14.8 Å². The minimum Gasteiger partial charge on any atom is -0.363 e. The molecule has 0 aromatic carbocycles.